The molecular formula is C17H20FN5O2. The summed E-state index contributed by atoms with van der Waals surface area (Å²) in [5.41, 5.74) is 0.560. The summed E-state index contributed by atoms with van der Waals surface area (Å²) in [5, 5.41) is 13.1. The fourth-order valence-electron chi connectivity index (χ4n) is 2.57. The van der Waals surface area contributed by atoms with Crippen molar-refractivity contribution in [3.63, 3.8) is 0 Å². The molecule has 3 rings (SSSR count). The molecule has 2 amide bonds. The van der Waals surface area contributed by atoms with Gasteiger partial charge in [0, 0.05) is 12.5 Å². The zero-order chi connectivity index (χ0) is 17.6. The van der Waals surface area contributed by atoms with Crippen LogP contribution in [0.2, 0.25) is 0 Å². The van der Waals surface area contributed by atoms with E-state index in [-0.39, 0.29) is 30.1 Å². The smallest absolute Gasteiger partial charge is 0.241 e. The Morgan fingerprint density at radius 3 is 2.80 bits per heavy atom. The summed E-state index contributed by atoms with van der Waals surface area (Å²) in [4.78, 5) is 23.7. The number of nitrogens with one attached hydrogen (secondary N) is 2. The number of hydrogen-bond acceptors (Lipinski definition) is 4. The zero-order valence-corrected chi connectivity index (χ0v) is 13.7. The number of amides is 2. The number of benzene rings is 1. The lowest BCUT2D eigenvalue weighted by Crippen LogP contribution is -2.29. The van der Waals surface area contributed by atoms with Gasteiger partial charge in [-0.2, -0.15) is 0 Å². The minimum absolute atomic E-state index is 0.0103. The molecule has 1 fully saturated rings. The monoisotopic (exact) mass is 345 g/mol. The van der Waals surface area contributed by atoms with Crippen LogP contribution in [0.5, 0.6) is 0 Å². The van der Waals surface area contributed by atoms with E-state index in [9.17, 15) is 14.0 Å². The van der Waals surface area contributed by atoms with Crippen molar-refractivity contribution < 1.29 is 14.0 Å². The summed E-state index contributed by atoms with van der Waals surface area (Å²) < 4.78 is 14.8. The highest BCUT2D eigenvalue weighted by molar-refractivity contribution is 5.92. The molecule has 0 aliphatic heterocycles. The highest BCUT2D eigenvalue weighted by Gasteiger charge is 2.25. The largest absolute Gasteiger partial charge is 0.354 e. The van der Waals surface area contributed by atoms with Gasteiger partial charge in [0.2, 0.25) is 11.8 Å². The summed E-state index contributed by atoms with van der Waals surface area (Å²) in [6.45, 7) is 0.323. The van der Waals surface area contributed by atoms with Crippen LogP contribution in [0.25, 0.3) is 0 Å². The van der Waals surface area contributed by atoms with Crippen molar-refractivity contribution in [3.05, 3.63) is 41.8 Å². The molecule has 1 saturated carbocycles. The van der Waals surface area contributed by atoms with Gasteiger partial charge in [0.15, 0.2) is 5.82 Å². The maximum absolute atomic E-state index is 13.5. The second-order valence-electron chi connectivity index (χ2n) is 6.11. The number of carbonyl (C=O) groups is 2. The van der Waals surface area contributed by atoms with E-state index in [2.05, 4.69) is 20.9 Å². The minimum Gasteiger partial charge on any atom is -0.354 e. The van der Waals surface area contributed by atoms with Crippen molar-refractivity contribution in [1.82, 2.24) is 20.3 Å². The molecule has 0 saturated heterocycles. The SMILES string of the molecule is O=C(Cn1cc(NC(=O)C2CCC2)nn1)NCCc1ccccc1F. The van der Waals surface area contributed by atoms with Gasteiger partial charge in [-0.3, -0.25) is 9.59 Å². The Balaban J connectivity index is 1.42. The third-order valence-corrected chi connectivity index (χ3v) is 4.25. The van der Waals surface area contributed by atoms with Crippen LogP contribution >= 0.6 is 0 Å². The standard InChI is InChI=1S/C17H20FN5O2/c18-14-7-2-1-4-12(14)8-9-19-16(24)11-23-10-15(21-22-23)20-17(25)13-5-3-6-13/h1-2,4,7,10,13H,3,5-6,8-9,11H2,(H,19,24)(H,20,25). The summed E-state index contributed by atoms with van der Waals surface area (Å²) >= 11 is 0. The van der Waals surface area contributed by atoms with Gasteiger partial charge in [0.05, 0.1) is 6.20 Å². The molecule has 8 heteroatoms. The van der Waals surface area contributed by atoms with Crippen LogP contribution in [-0.4, -0.2) is 33.4 Å². The molecule has 1 aromatic heterocycles. The molecule has 0 spiro atoms. The number of halogens is 1. The number of hydrogen-bond donors (Lipinski definition) is 2. The molecule has 1 heterocycles. The van der Waals surface area contributed by atoms with E-state index in [0.717, 1.165) is 19.3 Å². The van der Waals surface area contributed by atoms with Gasteiger partial charge >= 0.3 is 0 Å². The zero-order valence-electron chi connectivity index (χ0n) is 13.7. The van der Waals surface area contributed by atoms with E-state index in [1.165, 1.54) is 16.9 Å². The van der Waals surface area contributed by atoms with E-state index in [4.69, 9.17) is 0 Å². The summed E-state index contributed by atoms with van der Waals surface area (Å²) in [6, 6.07) is 6.47. The molecule has 1 aliphatic carbocycles. The van der Waals surface area contributed by atoms with Gasteiger partial charge in [-0.15, -0.1) is 5.10 Å². The topological polar surface area (TPSA) is 88.9 Å². The van der Waals surface area contributed by atoms with E-state index < -0.39 is 0 Å². The van der Waals surface area contributed by atoms with Crippen molar-refractivity contribution in [2.45, 2.75) is 32.2 Å². The van der Waals surface area contributed by atoms with Gasteiger partial charge in [0.25, 0.3) is 0 Å². The number of aromatic nitrogens is 3. The average molecular weight is 345 g/mol. The number of anilines is 1. The van der Waals surface area contributed by atoms with Gasteiger partial charge < -0.3 is 10.6 Å². The van der Waals surface area contributed by atoms with E-state index >= 15 is 0 Å². The Bertz CT molecular complexity index is 757. The van der Waals surface area contributed by atoms with Crippen molar-refractivity contribution >= 4 is 17.6 Å². The molecule has 132 valence electrons. The van der Waals surface area contributed by atoms with E-state index in [1.54, 1.807) is 18.2 Å². The Hall–Kier alpha value is -2.77. The van der Waals surface area contributed by atoms with Crippen LogP contribution < -0.4 is 10.6 Å². The van der Waals surface area contributed by atoms with Crippen molar-refractivity contribution in [3.8, 4) is 0 Å². The van der Waals surface area contributed by atoms with Crippen LogP contribution in [0.15, 0.2) is 30.5 Å². The Kier molecular flexibility index (Phi) is 5.37. The second-order valence-corrected chi connectivity index (χ2v) is 6.11. The van der Waals surface area contributed by atoms with E-state index in [0.29, 0.717) is 24.3 Å². The highest BCUT2D eigenvalue weighted by Crippen LogP contribution is 2.27. The molecule has 0 bridgehead atoms. The van der Waals surface area contributed by atoms with Gasteiger partial charge in [-0.25, -0.2) is 9.07 Å². The Labute approximate surface area is 144 Å². The average Bonchev–Trinajstić information content (AvgIpc) is 2.94. The third-order valence-electron chi connectivity index (χ3n) is 4.25. The fraction of sp³-hybridized carbons (Fsp3) is 0.412. The van der Waals surface area contributed by atoms with Gasteiger partial charge in [-0.1, -0.05) is 29.8 Å². The quantitative estimate of drug-likeness (QED) is 0.796. The van der Waals surface area contributed by atoms with Crippen LogP contribution in [0.1, 0.15) is 24.8 Å². The van der Waals surface area contributed by atoms with Crippen molar-refractivity contribution in [1.29, 1.82) is 0 Å². The molecule has 0 atom stereocenters. The first kappa shape index (κ1) is 17.1. The molecule has 7 nitrogen and oxygen atoms in total. The molecule has 2 aromatic rings. The summed E-state index contributed by atoms with van der Waals surface area (Å²) in [7, 11) is 0. The highest BCUT2D eigenvalue weighted by atomic mass is 19.1. The fourth-order valence-corrected chi connectivity index (χ4v) is 2.57. The maximum atomic E-state index is 13.5. The van der Waals surface area contributed by atoms with Crippen molar-refractivity contribution in [2.24, 2.45) is 5.92 Å². The summed E-state index contributed by atoms with van der Waals surface area (Å²) in [6.07, 6.45) is 4.83. The number of rotatable bonds is 7. The lowest BCUT2D eigenvalue weighted by atomic mass is 9.85. The lowest BCUT2D eigenvalue weighted by molar-refractivity contribution is -0.122. The molecule has 1 aromatic carbocycles. The maximum Gasteiger partial charge on any atom is 0.241 e. The molecular weight excluding hydrogens is 325 g/mol. The minimum atomic E-state index is -0.278. The number of carbonyl (C=O) groups excluding carboxylic acids is 2. The lowest BCUT2D eigenvalue weighted by Gasteiger charge is -2.23. The first-order valence-corrected chi connectivity index (χ1v) is 8.33. The Morgan fingerprint density at radius 2 is 2.08 bits per heavy atom. The van der Waals surface area contributed by atoms with Crippen LogP contribution in [0, 0.1) is 11.7 Å². The summed E-state index contributed by atoms with van der Waals surface area (Å²) in [5.74, 6) is -0.173. The van der Waals surface area contributed by atoms with Gasteiger partial charge in [0.1, 0.15) is 12.4 Å². The van der Waals surface area contributed by atoms with Crippen LogP contribution in [-0.2, 0) is 22.6 Å². The van der Waals surface area contributed by atoms with Crippen LogP contribution in [0.3, 0.4) is 0 Å². The molecule has 0 radical (unpaired) electrons. The number of nitrogens with zero attached hydrogens (tertiary/aromatic N) is 3. The molecule has 0 unspecified atom stereocenters. The predicted octanol–water partition coefficient (Wildman–Crippen LogP) is 1.51. The molecule has 25 heavy (non-hydrogen) atoms. The molecule has 1 aliphatic rings. The molecule has 2 N–H and O–H groups in total. The van der Waals surface area contributed by atoms with Crippen LogP contribution in [0.4, 0.5) is 10.2 Å². The second kappa shape index (κ2) is 7.87. The Morgan fingerprint density at radius 1 is 1.28 bits per heavy atom. The van der Waals surface area contributed by atoms with Crippen molar-refractivity contribution in [2.75, 3.05) is 11.9 Å². The normalized spacial score (nSPS) is 14.0. The van der Waals surface area contributed by atoms with E-state index in [1.807, 2.05) is 0 Å². The third kappa shape index (κ3) is 4.62. The first-order valence-electron chi connectivity index (χ1n) is 8.33. The predicted molar refractivity (Wildman–Crippen MR) is 89.1 cm³/mol. The van der Waals surface area contributed by atoms with Gasteiger partial charge in [-0.05, 0) is 30.9 Å². The first-order chi connectivity index (χ1) is 12.1.